The van der Waals surface area contributed by atoms with Crippen molar-refractivity contribution in [2.24, 2.45) is 5.16 Å². The van der Waals surface area contributed by atoms with Crippen molar-refractivity contribution in [3.8, 4) is 11.5 Å². The summed E-state index contributed by atoms with van der Waals surface area (Å²) in [4.78, 5) is 21.5. The third-order valence-corrected chi connectivity index (χ3v) is 3.73. The molecule has 1 aromatic carbocycles. The number of hydrogen-bond acceptors (Lipinski definition) is 6. The van der Waals surface area contributed by atoms with Crippen LogP contribution in [0.25, 0.3) is 10.9 Å². The Labute approximate surface area is 153 Å². The second-order valence-electron chi connectivity index (χ2n) is 6.37. The molecule has 7 heteroatoms. The molecule has 26 heavy (non-hydrogen) atoms. The van der Waals surface area contributed by atoms with Crippen molar-refractivity contribution in [3.05, 3.63) is 30.5 Å². The number of ether oxygens (including phenoxy) is 2. The molecule has 0 aliphatic rings. The summed E-state index contributed by atoms with van der Waals surface area (Å²) < 4.78 is 11.1. The highest BCUT2D eigenvalue weighted by molar-refractivity contribution is 5.86. The number of oxime groups is 1. The van der Waals surface area contributed by atoms with E-state index in [-0.39, 0.29) is 5.91 Å². The maximum atomic E-state index is 12.6. The van der Waals surface area contributed by atoms with E-state index in [1.54, 1.807) is 19.4 Å². The molecule has 1 unspecified atom stereocenters. The van der Waals surface area contributed by atoms with Crippen LogP contribution in [-0.4, -0.2) is 43.0 Å². The molecule has 0 saturated carbocycles. The van der Waals surface area contributed by atoms with Gasteiger partial charge < -0.3 is 19.6 Å². The van der Waals surface area contributed by atoms with E-state index in [1.807, 2.05) is 39.0 Å². The molecule has 1 aromatic heterocycles. The molecule has 0 radical (unpaired) electrons. The number of amides is 1. The lowest BCUT2D eigenvalue weighted by Crippen LogP contribution is -2.50. The highest BCUT2D eigenvalue weighted by Crippen LogP contribution is 2.24. The van der Waals surface area contributed by atoms with Gasteiger partial charge in [-0.05, 0) is 44.5 Å². The molecule has 0 aliphatic heterocycles. The van der Waals surface area contributed by atoms with Crippen LogP contribution in [0, 0.1) is 0 Å². The Morgan fingerprint density at radius 1 is 1.31 bits per heavy atom. The molecule has 140 valence electrons. The molecule has 0 bridgehead atoms. The maximum absolute atomic E-state index is 12.6. The zero-order valence-corrected chi connectivity index (χ0v) is 15.8. The third kappa shape index (κ3) is 5.08. The van der Waals surface area contributed by atoms with Gasteiger partial charge in [0.15, 0.2) is 6.10 Å². The summed E-state index contributed by atoms with van der Waals surface area (Å²) in [6.45, 7) is 5.55. The molecule has 1 amide bonds. The number of nitrogens with one attached hydrogen (secondary N) is 1. The van der Waals surface area contributed by atoms with Gasteiger partial charge in [0.05, 0.1) is 30.6 Å². The number of rotatable bonds is 8. The highest BCUT2D eigenvalue weighted by Gasteiger charge is 2.25. The number of aromatic nitrogens is 1. The number of methoxy groups -OCH3 is 1. The zero-order chi connectivity index (χ0) is 19.2. The van der Waals surface area contributed by atoms with Crippen molar-refractivity contribution in [2.45, 2.75) is 38.8 Å². The minimum atomic E-state index is -0.648. The van der Waals surface area contributed by atoms with Gasteiger partial charge >= 0.3 is 0 Å². The average Bonchev–Trinajstić information content (AvgIpc) is 2.63. The van der Waals surface area contributed by atoms with E-state index in [0.29, 0.717) is 17.9 Å². The fourth-order valence-corrected chi connectivity index (χ4v) is 2.38. The van der Waals surface area contributed by atoms with Crippen molar-refractivity contribution in [1.82, 2.24) is 10.3 Å². The number of fused-ring (bicyclic) bond motifs is 1. The molecule has 7 nitrogen and oxygen atoms in total. The van der Waals surface area contributed by atoms with Crippen LogP contribution in [0.4, 0.5) is 0 Å². The standard InChI is InChI=1S/C19H25N3O4/c1-6-17(18(23)22-19(2,3)12-21-25-5)26-14-7-8-16-13(9-14)10-15(24-4)11-20-16/h7-12,17H,6H2,1-5H3,(H,22,23)/b21-12+. The summed E-state index contributed by atoms with van der Waals surface area (Å²) in [6.07, 6.45) is 3.10. The molecule has 0 spiro atoms. The number of benzene rings is 1. The van der Waals surface area contributed by atoms with E-state index < -0.39 is 11.6 Å². The number of carbonyl (C=O) groups is 1. The molecule has 1 atom stereocenters. The summed E-state index contributed by atoms with van der Waals surface area (Å²) in [5, 5.41) is 7.49. The molecule has 1 N–H and O–H groups in total. The van der Waals surface area contributed by atoms with Gasteiger partial charge in [-0.15, -0.1) is 0 Å². The van der Waals surface area contributed by atoms with Crippen LogP contribution in [-0.2, 0) is 9.63 Å². The number of pyridine rings is 1. The molecule has 0 aliphatic carbocycles. The highest BCUT2D eigenvalue weighted by atomic mass is 16.6. The summed E-state index contributed by atoms with van der Waals surface area (Å²) in [5.41, 5.74) is 0.178. The van der Waals surface area contributed by atoms with Gasteiger partial charge in [0.2, 0.25) is 0 Å². The number of nitrogens with zero attached hydrogens (tertiary/aromatic N) is 2. The monoisotopic (exact) mass is 359 g/mol. The van der Waals surface area contributed by atoms with Crippen LogP contribution in [0.5, 0.6) is 11.5 Å². The number of hydrogen-bond donors (Lipinski definition) is 1. The first-order chi connectivity index (χ1) is 12.4. The fraction of sp³-hybridized carbons (Fsp3) is 0.421. The second-order valence-corrected chi connectivity index (χ2v) is 6.37. The van der Waals surface area contributed by atoms with Gasteiger partial charge in [0.25, 0.3) is 5.91 Å². The van der Waals surface area contributed by atoms with Crippen molar-refractivity contribution in [3.63, 3.8) is 0 Å². The molecule has 0 saturated heterocycles. The fourth-order valence-electron chi connectivity index (χ4n) is 2.38. The number of carbonyl (C=O) groups excluding carboxylic acids is 1. The normalized spacial score (nSPS) is 12.8. The molecule has 0 fully saturated rings. The van der Waals surface area contributed by atoms with E-state index in [9.17, 15) is 4.79 Å². The van der Waals surface area contributed by atoms with Crippen LogP contribution in [0.1, 0.15) is 27.2 Å². The Kier molecular flexibility index (Phi) is 6.38. The zero-order valence-electron chi connectivity index (χ0n) is 15.8. The van der Waals surface area contributed by atoms with Gasteiger partial charge in [-0.2, -0.15) is 0 Å². The summed E-state index contributed by atoms with van der Waals surface area (Å²) in [5.74, 6) is 1.04. The van der Waals surface area contributed by atoms with Gasteiger partial charge in [-0.1, -0.05) is 12.1 Å². The minimum Gasteiger partial charge on any atom is -0.495 e. The largest absolute Gasteiger partial charge is 0.495 e. The Hall–Kier alpha value is -2.83. The van der Waals surface area contributed by atoms with Gasteiger partial charge in [-0.3, -0.25) is 9.78 Å². The van der Waals surface area contributed by atoms with E-state index >= 15 is 0 Å². The molecule has 2 aromatic rings. The van der Waals surface area contributed by atoms with Crippen LogP contribution in [0.3, 0.4) is 0 Å². The summed E-state index contributed by atoms with van der Waals surface area (Å²) in [7, 11) is 3.05. The Balaban J connectivity index is 2.14. The summed E-state index contributed by atoms with van der Waals surface area (Å²) in [6, 6.07) is 7.37. The van der Waals surface area contributed by atoms with Crippen molar-refractivity contribution in [2.75, 3.05) is 14.2 Å². The first-order valence-corrected chi connectivity index (χ1v) is 8.38. The van der Waals surface area contributed by atoms with Crippen LogP contribution in [0.2, 0.25) is 0 Å². The first kappa shape index (κ1) is 19.5. The topological polar surface area (TPSA) is 82.0 Å². The molecule has 1 heterocycles. The Bertz CT molecular complexity index is 789. The predicted molar refractivity (Wildman–Crippen MR) is 101 cm³/mol. The van der Waals surface area contributed by atoms with E-state index in [1.165, 1.54) is 13.3 Å². The predicted octanol–water partition coefficient (Wildman–Crippen LogP) is 2.93. The van der Waals surface area contributed by atoms with Crippen molar-refractivity contribution in [1.29, 1.82) is 0 Å². The lowest BCUT2D eigenvalue weighted by atomic mass is 10.1. The lowest BCUT2D eigenvalue weighted by Gasteiger charge is -2.25. The van der Waals surface area contributed by atoms with Crippen LogP contribution in [0.15, 0.2) is 35.6 Å². The maximum Gasteiger partial charge on any atom is 0.261 e. The van der Waals surface area contributed by atoms with Crippen LogP contribution >= 0.6 is 0 Å². The smallest absolute Gasteiger partial charge is 0.261 e. The van der Waals surface area contributed by atoms with Gasteiger partial charge in [-0.25, -0.2) is 0 Å². The van der Waals surface area contributed by atoms with Crippen LogP contribution < -0.4 is 14.8 Å². The molecule has 2 rings (SSSR count). The van der Waals surface area contributed by atoms with Gasteiger partial charge in [0, 0.05) is 5.39 Å². The first-order valence-electron chi connectivity index (χ1n) is 8.38. The quantitative estimate of drug-likeness (QED) is 0.579. The molecular weight excluding hydrogens is 334 g/mol. The Morgan fingerprint density at radius 2 is 2.04 bits per heavy atom. The van der Waals surface area contributed by atoms with E-state index in [4.69, 9.17) is 9.47 Å². The minimum absolute atomic E-state index is 0.219. The molecular formula is C19H25N3O4. The summed E-state index contributed by atoms with van der Waals surface area (Å²) >= 11 is 0. The van der Waals surface area contributed by atoms with Gasteiger partial charge in [0.1, 0.15) is 18.6 Å². The van der Waals surface area contributed by atoms with Crippen molar-refractivity contribution < 1.29 is 19.1 Å². The SMILES string of the molecule is CCC(Oc1ccc2ncc(OC)cc2c1)C(=O)NC(C)(C)/C=N/OC. The van der Waals surface area contributed by atoms with E-state index in [2.05, 4.69) is 20.3 Å². The Morgan fingerprint density at radius 3 is 2.69 bits per heavy atom. The lowest BCUT2D eigenvalue weighted by molar-refractivity contribution is -0.129. The van der Waals surface area contributed by atoms with Crippen molar-refractivity contribution >= 4 is 23.0 Å². The average molecular weight is 359 g/mol. The van der Waals surface area contributed by atoms with E-state index in [0.717, 1.165) is 10.9 Å². The second kappa shape index (κ2) is 8.51. The third-order valence-electron chi connectivity index (χ3n) is 3.73.